The standard InChI is InChI=1S/C21H24FN7OS/c1-13(23)24-21(31)28-11-8-16(9-12-28)25-20-26-19-17(3-2-10-29(19)27-20)18(30)14-4-6-15(22)7-5-14/h2-7,10,16,18,30H,8-9,11-12H2,1H3,(H,25,27)(H2,23,24,31)/p+1. The van der Waals surface area contributed by atoms with Crippen molar-refractivity contribution in [1.29, 1.82) is 0 Å². The smallest absolute Gasteiger partial charge is 0.289 e. The van der Waals surface area contributed by atoms with Crippen molar-refractivity contribution in [2.24, 2.45) is 5.73 Å². The molecule has 4 rings (SSSR count). The van der Waals surface area contributed by atoms with E-state index in [0.717, 1.165) is 25.9 Å². The summed E-state index contributed by atoms with van der Waals surface area (Å²) < 4.78 is 14.9. The molecule has 0 amide bonds. The molecule has 1 aliphatic rings. The number of aliphatic hydroxyl groups excluding tert-OH is 1. The van der Waals surface area contributed by atoms with E-state index in [0.29, 0.717) is 33.7 Å². The Bertz CT molecular complexity index is 1100. The van der Waals surface area contributed by atoms with Crippen LogP contribution in [0.5, 0.6) is 0 Å². The minimum absolute atomic E-state index is 0.213. The lowest BCUT2D eigenvalue weighted by Gasteiger charge is -2.29. The molecule has 0 spiro atoms. The third kappa shape index (κ3) is 4.80. The van der Waals surface area contributed by atoms with Gasteiger partial charge in [0.15, 0.2) is 11.5 Å². The zero-order valence-corrected chi connectivity index (χ0v) is 17.9. The number of hydrogen-bond acceptors (Lipinski definition) is 5. The van der Waals surface area contributed by atoms with Crippen LogP contribution in [0, 0.1) is 5.82 Å². The second-order valence-corrected chi connectivity index (χ2v) is 8.03. The molecule has 0 aliphatic carbocycles. The van der Waals surface area contributed by atoms with Crippen molar-refractivity contribution in [2.45, 2.75) is 31.9 Å². The van der Waals surface area contributed by atoms with Crippen molar-refractivity contribution in [2.75, 3.05) is 18.4 Å². The SMILES string of the molecule is C/C(N)=[NH+]/C(=S)N1CCC(Nc2nc3c(C(O)c4ccc(F)cc4)cccn3n2)CC1. The number of piperidine rings is 1. The summed E-state index contributed by atoms with van der Waals surface area (Å²) in [6.45, 7) is 3.38. The monoisotopic (exact) mass is 442 g/mol. The summed E-state index contributed by atoms with van der Waals surface area (Å²) in [5, 5.41) is 19.3. The molecule has 0 saturated carbocycles. The van der Waals surface area contributed by atoms with Crippen molar-refractivity contribution < 1.29 is 14.5 Å². The lowest BCUT2D eigenvalue weighted by Crippen LogP contribution is -2.82. The third-order valence-corrected chi connectivity index (χ3v) is 5.65. The summed E-state index contributed by atoms with van der Waals surface area (Å²) >= 11 is 5.37. The molecular weight excluding hydrogens is 417 g/mol. The summed E-state index contributed by atoms with van der Waals surface area (Å²) in [6, 6.07) is 9.60. The number of nitrogens with one attached hydrogen (secondary N) is 2. The van der Waals surface area contributed by atoms with Gasteiger partial charge in [-0.2, -0.15) is 4.98 Å². The van der Waals surface area contributed by atoms with E-state index in [4.69, 9.17) is 18.0 Å². The highest BCUT2D eigenvalue weighted by atomic mass is 32.1. The number of nitrogens with two attached hydrogens (primary N) is 1. The quantitative estimate of drug-likeness (QED) is 0.266. The molecular formula is C21H25FN7OS+. The van der Waals surface area contributed by atoms with Crippen LogP contribution in [0.3, 0.4) is 0 Å². The van der Waals surface area contributed by atoms with E-state index in [1.165, 1.54) is 12.1 Å². The topological polar surface area (TPSA) is 106 Å². The highest BCUT2D eigenvalue weighted by molar-refractivity contribution is 7.79. The molecule has 2 aromatic heterocycles. The predicted octanol–water partition coefficient (Wildman–Crippen LogP) is 0.569. The Morgan fingerprint density at radius 1 is 1.29 bits per heavy atom. The van der Waals surface area contributed by atoms with Gasteiger partial charge in [-0.15, -0.1) is 5.10 Å². The largest absolute Gasteiger partial charge is 0.384 e. The minimum atomic E-state index is -0.930. The first-order chi connectivity index (χ1) is 14.9. The van der Waals surface area contributed by atoms with Crippen molar-refractivity contribution in [1.82, 2.24) is 19.5 Å². The van der Waals surface area contributed by atoms with E-state index in [-0.39, 0.29) is 11.9 Å². The maximum absolute atomic E-state index is 13.2. The normalized spacial score (nSPS) is 16.5. The fourth-order valence-electron chi connectivity index (χ4n) is 3.68. The number of thiocarbonyl (C=S) groups is 1. The number of fused-ring (bicyclic) bond motifs is 1. The van der Waals surface area contributed by atoms with Crippen LogP contribution in [-0.2, 0) is 0 Å². The van der Waals surface area contributed by atoms with Gasteiger partial charge in [-0.05, 0) is 48.8 Å². The van der Waals surface area contributed by atoms with Gasteiger partial charge < -0.3 is 16.2 Å². The Labute approximate surface area is 184 Å². The number of nitrogens with zero attached hydrogens (tertiary/aromatic N) is 4. The molecule has 0 bridgehead atoms. The zero-order valence-electron chi connectivity index (χ0n) is 17.1. The Hall–Kier alpha value is -3.11. The molecule has 3 heterocycles. The molecule has 1 aliphatic heterocycles. The molecule has 0 radical (unpaired) electrons. The third-order valence-electron chi connectivity index (χ3n) is 5.29. The van der Waals surface area contributed by atoms with Gasteiger partial charge in [0, 0.05) is 24.7 Å². The van der Waals surface area contributed by atoms with E-state index in [9.17, 15) is 9.50 Å². The lowest BCUT2D eigenvalue weighted by atomic mass is 10.0. The fourth-order valence-corrected chi connectivity index (χ4v) is 4.03. The Morgan fingerprint density at radius 3 is 2.68 bits per heavy atom. The Balaban J connectivity index is 1.47. The molecule has 31 heavy (non-hydrogen) atoms. The first kappa shape index (κ1) is 21.1. The predicted molar refractivity (Wildman–Crippen MR) is 120 cm³/mol. The van der Waals surface area contributed by atoms with Gasteiger partial charge >= 0.3 is 0 Å². The summed E-state index contributed by atoms with van der Waals surface area (Å²) in [7, 11) is 0. The lowest BCUT2D eigenvalue weighted by molar-refractivity contribution is -0.328. The second-order valence-electron chi connectivity index (χ2n) is 7.64. The van der Waals surface area contributed by atoms with Crippen molar-refractivity contribution in [3.05, 3.63) is 59.5 Å². The van der Waals surface area contributed by atoms with Crippen LogP contribution in [0.4, 0.5) is 10.3 Å². The van der Waals surface area contributed by atoms with Gasteiger partial charge in [0.05, 0.1) is 13.1 Å². The van der Waals surface area contributed by atoms with Gasteiger partial charge in [-0.25, -0.2) is 13.9 Å². The van der Waals surface area contributed by atoms with E-state index in [2.05, 4.69) is 25.3 Å². The number of amidine groups is 1. The van der Waals surface area contributed by atoms with Gasteiger partial charge in [0.1, 0.15) is 11.9 Å². The zero-order chi connectivity index (χ0) is 22.0. The minimum Gasteiger partial charge on any atom is -0.384 e. The highest BCUT2D eigenvalue weighted by Crippen LogP contribution is 2.26. The van der Waals surface area contributed by atoms with Crippen molar-refractivity contribution in [3.8, 4) is 0 Å². The number of pyridine rings is 1. The molecule has 8 nitrogen and oxygen atoms in total. The first-order valence-corrected chi connectivity index (χ1v) is 10.5. The number of halogens is 1. The molecule has 162 valence electrons. The molecule has 10 heteroatoms. The summed E-state index contributed by atoms with van der Waals surface area (Å²) in [5.41, 5.74) is 7.42. The van der Waals surface area contributed by atoms with Crippen LogP contribution in [0.2, 0.25) is 0 Å². The average Bonchev–Trinajstić information content (AvgIpc) is 3.16. The molecule has 1 unspecified atom stereocenters. The van der Waals surface area contributed by atoms with Crippen molar-refractivity contribution >= 4 is 34.8 Å². The van der Waals surface area contributed by atoms with E-state index < -0.39 is 6.10 Å². The van der Waals surface area contributed by atoms with Crippen LogP contribution in [0.15, 0.2) is 42.6 Å². The number of aliphatic hydroxyl groups is 1. The Morgan fingerprint density at radius 2 is 2.00 bits per heavy atom. The summed E-state index contributed by atoms with van der Waals surface area (Å²) in [5.74, 6) is 0.740. The highest BCUT2D eigenvalue weighted by Gasteiger charge is 2.25. The number of aromatic nitrogens is 3. The van der Waals surface area contributed by atoms with E-state index >= 15 is 0 Å². The number of hydrogen-bond donors (Lipinski definition) is 4. The number of likely N-dealkylation sites (tertiary alicyclic amines) is 1. The van der Waals surface area contributed by atoms with E-state index in [1.807, 2.05) is 0 Å². The van der Waals surface area contributed by atoms with Crippen LogP contribution in [0.1, 0.15) is 37.0 Å². The van der Waals surface area contributed by atoms with Crippen molar-refractivity contribution in [3.63, 3.8) is 0 Å². The Kier molecular flexibility index (Phi) is 6.10. The fraction of sp³-hybridized carbons (Fsp3) is 0.333. The van der Waals surface area contributed by atoms with Gasteiger partial charge in [0.2, 0.25) is 5.95 Å². The van der Waals surface area contributed by atoms with Gasteiger partial charge in [-0.3, -0.25) is 4.90 Å². The maximum Gasteiger partial charge on any atom is 0.289 e. The molecule has 1 saturated heterocycles. The number of anilines is 1. The van der Waals surface area contributed by atoms with Crippen LogP contribution >= 0.6 is 12.2 Å². The van der Waals surface area contributed by atoms with E-state index in [1.54, 1.807) is 41.9 Å². The summed E-state index contributed by atoms with van der Waals surface area (Å²) in [6.07, 6.45) is 2.62. The van der Waals surface area contributed by atoms with Crippen LogP contribution < -0.4 is 16.0 Å². The summed E-state index contributed by atoms with van der Waals surface area (Å²) in [4.78, 5) is 9.68. The number of rotatable bonds is 4. The molecule has 1 fully saturated rings. The van der Waals surface area contributed by atoms with Gasteiger partial charge in [-0.1, -0.05) is 18.2 Å². The molecule has 1 atom stereocenters. The number of benzene rings is 1. The van der Waals surface area contributed by atoms with Crippen LogP contribution in [0.25, 0.3) is 5.65 Å². The van der Waals surface area contributed by atoms with Gasteiger partial charge in [0.25, 0.3) is 5.11 Å². The average molecular weight is 443 g/mol. The second kappa shape index (κ2) is 8.94. The molecule has 5 N–H and O–H groups in total. The first-order valence-electron chi connectivity index (χ1n) is 10.1. The maximum atomic E-state index is 13.2. The molecule has 1 aromatic carbocycles. The van der Waals surface area contributed by atoms with Crippen LogP contribution in [-0.4, -0.2) is 54.7 Å². The molecule has 3 aromatic rings.